The molecule has 0 aromatic heterocycles. The van der Waals surface area contributed by atoms with Crippen molar-refractivity contribution in [2.75, 3.05) is 4.72 Å². The fourth-order valence-electron chi connectivity index (χ4n) is 0.970. The summed E-state index contributed by atoms with van der Waals surface area (Å²) in [6.07, 6.45) is -4.66. The molecule has 0 radical (unpaired) electrons. The first kappa shape index (κ1) is 13.1. The van der Waals surface area contributed by atoms with Gasteiger partial charge < -0.3 is 0 Å². The third-order valence-corrected chi connectivity index (χ3v) is 2.38. The lowest BCUT2D eigenvalue weighted by atomic mass is 10.2. The van der Waals surface area contributed by atoms with Crippen molar-refractivity contribution in [1.82, 2.24) is 0 Å². The van der Waals surface area contributed by atoms with Crippen LogP contribution < -0.4 is 9.86 Å². The van der Waals surface area contributed by atoms with Crippen LogP contribution in [0.15, 0.2) is 18.2 Å². The van der Waals surface area contributed by atoms with Gasteiger partial charge >= 0.3 is 6.18 Å². The average Bonchev–Trinajstić information content (AvgIpc) is 2.04. The van der Waals surface area contributed by atoms with Gasteiger partial charge in [0.25, 0.3) is 10.2 Å². The Morgan fingerprint density at radius 3 is 2.31 bits per heavy atom. The van der Waals surface area contributed by atoms with E-state index in [9.17, 15) is 21.6 Å². The molecule has 90 valence electrons. The lowest BCUT2D eigenvalue weighted by molar-refractivity contribution is -0.137. The first-order valence-corrected chi connectivity index (χ1v) is 5.69. The van der Waals surface area contributed by atoms with Gasteiger partial charge in [0, 0.05) is 0 Å². The van der Waals surface area contributed by atoms with Crippen molar-refractivity contribution < 1.29 is 21.6 Å². The minimum absolute atomic E-state index is 0.306. The largest absolute Gasteiger partial charge is 0.417 e. The molecule has 0 saturated carbocycles. The number of rotatable bonds is 2. The molecule has 1 aromatic rings. The zero-order chi connectivity index (χ0) is 12.6. The zero-order valence-electron chi connectivity index (χ0n) is 7.55. The Balaban J connectivity index is 3.18. The maximum absolute atomic E-state index is 12.4. The minimum atomic E-state index is -4.66. The summed E-state index contributed by atoms with van der Waals surface area (Å²) in [6, 6.07) is 2.56. The monoisotopic (exact) mass is 274 g/mol. The van der Waals surface area contributed by atoms with Crippen molar-refractivity contribution in [3.05, 3.63) is 28.8 Å². The van der Waals surface area contributed by atoms with E-state index in [2.05, 4.69) is 5.14 Å². The fourth-order valence-corrected chi connectivity index (χ4v) is 1.65. The molecule has 0 atom stereocenters. The van der Waals surface area contributed by atoms with Gasteiger partial charge in [0.1, 0.15) is 0 Å². The average molecular weight is 275 g/mol. The first-order chi connectivity index (χ1) is 7.09. The molecule has 4 nitrogen and oxygen atoms in total. The highest BCUT2D eigenvalue weighted by atomic mass is 35.5. The summed E-state index contributed by atoms with van der Waals surface area (Å²) in [6.45, 7) is 0. The zero-order valence-corrected chi connectivity index (χ0v) is 9.12. The minimum Gasteiger partial charge on any atom is -0.271 e. The maximum Gasteiger partial charge on any atom is 0.417 e. The molecule has 0 aliphatic heterocycles. The van der Waals surface area contributed by atoms with Crippen LogP contribution in [-0.2, 0) is 16.4 Å². The van der Waals surface area contributed by atoms with E-state index in [1.54, 1.807) is 4.72 Å². The summed E-state index contributed by atoms with van der Waals surface area (Å²) in [5.74, 6) is 0. The quantitative estimate of drug-likeness (QED) is 0.865. The van der Waals surface area contributed by atoms with Crippen LogP contribution >= 0.6 is 11.6 Å². The molecule has 0 spiro atoms. The van der Waals surface area contributed by atoms with E-state index in [1.807, 2.05) is 0 Å². The van der Waals surface area contributed by atoms with E-state index in [4.69, 9.17) is 11.6 Å². The molecular formula is C7H6ClF3N2O2S. The van der Waals surface area contributed by atoms with Crippen LogP contribution in [0.25, 0.3) is 0 Å². The Morgan fingerprint density at radius 1 is 1.31 bits per heavy atom. The van der Waals surface area contributed by atoms with Gasteiger partial charge in [-0.25, -0.2) is 5.14 Å². The number of halogens is 4. The Labute approximate surface area is 94.4 Å². The second kappa shape index (κ2) is 4.11. The van der Waals surface area contributed by atoms with Gasteiger partial charge in [-0.1, -0.05) is 11.6 Å². The predicted octanol–water partition coefficient (Wildman–Crippen LogP) is 1.97. The highest BCUT2D eigenvalue weighted by Crippen LogP contribution is 2.36. The molecule has 9 heteroatoms. The number of nitrogens with two attached hydrogens (primary N) is 1. The number of hydrogen-bond acceptors (Lipinski definition) is 2. The van der Waals surface area contributed by atoms with Crippen LogP contribution in [0.3, 0.4) is 0 Å². The van der Waals surface area contributed by atoms with Crippen LogP contribution in [0.5, 0.6) is 0 Å². The molecule has 0 unspecified atom stereocenters. The first-order valence-electron chi connectivity index (χ1n) is 3.77. The number of nitrogens with one attached hydrogen (secondary N) is 1. The third-order valence-electron chi connectivity index (χ3n) is 1.53. The van der Waals surface area contributed by atoms with Gasteiger partial charge in [-0.2, -0.15) is 21.6 Å². The van der Waals surface area contributed by atoms with Crippen LogP contribution in [0, 0.1) is 0 Å². The van der Waals surface area contributed by atoms with Crippen LogP contribution in [0.1, 0.15) is 5.56 Å². The van der Waals surface area contributed by atoms with Gasteiger partial charge in [0.05, 0.1) is 16.3 Å². The predicted molar refractivity (Wildman–Crippen MR) is 53.2 cm³/mol. The molecule has 16 heavy (non-hydrogen) atoms. The molecule has 0 fully saturated rings. The van der Waals surface area contributed by atoms with E-state index in [0.29, 0.717) is 6.07 Å². The summed E-state index contributed by atoms with van der Waals surface area (Å²) in [7, 11) is -4.11. The smallest absolute Gasteiger partial charge is 0.271 e. The summed E-state index contributed by atoms with van der Waals surface area (Å²) >= 11 is 5.32. The fraction of sp³-hybridized carbons (Fsp3) is 0.143. The summed E-state index contributed by atoms with van der Waals surface area (Å²) in [5.41, 5.74) is -1.44. The Kier molecular flexibility index (Phi) is 3.36. The topological polar surface area (TPSA) is 72.2 Å². The van der Waals surface area contributed by atoms with E-state index in [-0.39, 0.29) is 5.69 Å². The standard InChI is InChI=1S/C7H6ClF3N2O2S/c8-6-2-1-4(13-16(12,14)15)3-5(6)7(9,10)11/h1-3,13H,(H2,12,14,15). The van der Waals surface area contributed by atoms with Gasteiger partial charge in [-0.05, 0) is 18.2 Å². The van der Waals surface area contributed by atoms with Gasteiger partial charge in [-0.15, -0.1) is 0 Å². The van der Waals surface area contributed by atoms with Gasteiger partial charge in [0.15, 0.2) is 0 Å². The van der Waals surface area contributed by atoms with Crippen LogP contribution in [0.4, 0.5) is 18.9 Å². The number of benzene rings is 1. The van der Waals surface area contributed by atoms with Crippen molar-refractivity contribution in [3.8, 4) is 0 Å². The lowest BCUT2D eigenvalue weighted by Crippen LogP contribution is -2.22. The molecule has 0 saturated heterocycles. The molecular weight excluding hydrogens is 269 g/mol. The molecule has 0 amide bonds. The molecule has 0 aliphatic rings. The molecule has 0 aliphatic carbocycles. The molecule has 1 aromatic carbocycles. The Bertz CT molecular complexity index is 501. The third kappa shape index (κ3) is 3.54. The molecule has 0 heterocycles. The second-order valence-corrected chi connectivity index (χ2v) is 4.54. The number of anilines is 1. The Morgan fingerprint density at radius 2 is 1.88 bits per heavy atom. The van der Waals surface area contributed by atoms with Gasteiger partial charge in [0.2, 0.25) is 0 Å². The van der Waals surface area contributed by atoms with E-state index in [1.165, 1.54) is 0 Å². The number of hydrogen-bond donors (Lipinski definition) is 2. The van der Waals surface area contributed by atoms with Crippen molar-refractivity contribution in [1.29, 1.82) is 0 Å². The molecule has 3 N–H and O–H groups in total. The van der Waals surface area contributed by atoms with Crippen molar-refractivity contribution in [2.24, 2.45) is 5.14 Å². The summed E-state index contributed by atoms with van der Waals surface area (Å²) < 4.78 is 60.0. The number of alkyl halides is 3. The van der Waals surface area contributed by atoms with Crippen molar-refractivity contribution >= 4 is 27.5 Å². The highest BCUT2D eigenvalue weighted by Gasteiger charge is 2.33. The normalized spacial score (nSPS) is 12.6. The van der Waals surface area contributed by atoms with E-state index in [0.717, 1.165) is 12.1 Å². The van der Waals surface area contributed by atoms with E-state index < -0.39 is 27.0 Å². The van der Waals surface area contributed by atoms with Gasteiger partial charge in [-0.3, -0.25) is 4.72 Å². The van der Waals surface area contributed by atoms with Crippen molar-refractivity contribution in [3.63, 3.8) is 0 Å². The lowest BCUT2D eigenvalue weighted by Gasteiger charge is -2.11. The summed E-state index contributed by atoms with van der Waals surface area (Å²) in [4.78, 5) is 0. The molecule has 1 rings (SSSR count). The summed E-state index contributed by atoms with van der Waals surface area (Å²) in [5, 5.41) is 4.09. The second-order valence-electron chi connectivity index (χ2n) is 2.84. The van der Waals surface area contributed by atoms with E-state index >= 15 is 0 Å². The highest BCUT2D eigenvalue weighted by molar-refractivity contribution is 7.90. The molecule has 0 bridgehead atoms. The maximum atomic E-state index is 12.4. The van der Waals surface area contributed by atoms with Crippen LogP contribution in [-0.4, -0.2) is 8.42 Å². The Hall–Kier alpha value is -0.990. The van der Waals surface area contributed by atoms with Crippen molar-refractivity contribution in [2.45, 2.75) is 6.18 Å². The SMILES string of the molecule is NS(=O)(=O)Nc1ccc(Cl)c(C(F)(F)F)c1. The van der Waals surface area contributed by atoms with Crippen LogP contribution in [0.2, 0.25) is 5.02 Å².